The Kier molecular flexibility index (Phi) is 7.25. The van der Waals surface area contributed by atoms with Crippen LogP contribution in [0.5, 0.6) is 0 Å². The molecule has 194 valence electrons. The molecule has 0 bridgehead atoms. The zero-order chi connectivity index (χ0) is 25.2. The molecule has 3 aliphatic rings. The van der Waals surface area contributed by atoms with E-state index in [-0.39, 0.29) is 38.4 Å². The van der Waals surface area contributed by atoms with E-state index in [0.717, 1.165) is 37.3 Å². The van der Waals surface area contributed by atoms with Gasteiger partial charge in [-0.25, -0.2) is 13.8 Å². The number of halogens is 2. The summed E-state index contributed by atoms with van der Waals surface area (Å²) in [4.78, 5) is 21.9. The minimum Gasteiger partial charge on any atom is -0.395 e. The molecule has 0 atom stereocenters. The third-order valence-electron chi connectivity index (χ3n) is 7.57. The van der Waals surface area contributed by atoms with Crippen LogP contribution in [0.3, 0.4) is 0 Å². The smallest absolute Gasteiger partial charge is 0.257 e. The SMILES string of the molecule is O=C(Nc1ccnc(N2CCC(F)(F)CC2)c1)c1ccc(NSCCO)cc1N1CCC2(CC1)CC2. The number of pyridine rings is 1. The Morgan fingerprint density at radius 2 is 1.69 bits per heavy atom. The van der Waals surface area contributed by atoms with Crippen molar-refractivity contribution in [1.82, 2.24) is 4.98 Å². The van der Waals surface area contributed by atoms with E-state index in [4.69, 9.17) is 5.11 Å². The number of carbonyl (C=O) groups is 1. The van der Waals surface area contributed by atoms with Gasteiger partial charge in [0, 0.05) is 68.4 Å². The Labute approximate surface area is 214 Å². The average Bonchev–Trinajstić information content (AvgIpc) is 3.63. The fraction of sp³-hybridized carbons (Fsp3) is 0.538. The first-order valence-corrected chi connectivity index (χ1v) is 13.6. The number of carbonyl (C=O) groups excluding carboxylic acids is 1. The molecule has 1 saturated carbocycles. The van der Waals surface area contributed by atoms with Crippen molar-refractivity contribution >= 4 is 40.7 Å². The summed E-state index contributed by atoms with van der Waals surface area (Å²) in [6, 6.07) is 9.19. The van der Waals surface area contributed by atoms with Gasteiger partial charge in [0.2, 0.25) is 0 Å². The van der Waals surface area contributed by atoms with Crippen LogP contribution in [0, 0.1) is 5.41 Å². The molecule has 3 N–H and O–H groups in total. The quantitative estimate of drug-likeness (QED) is 0.336. The van der Waals surface area contributed by atoms with Gasteiger partial charge in [0.1, 0.15) is 5.82 Å². The number of aliphatic hydroxyl groups excluding tert-OH is 1. The van der Waals surface area contributed by atoms with Gasteiger partial charge in [-0.1, -0.05) is 11.9 Å². The molecule has 3 fully saturated rings. The molecule has 36 heavy (non-hydrogen) atoms. The number of nitrogens with one attached hydrogen (secondary N) is 2. The number of amides is 1. The maximum Gasteiger partial charge on any atom is 0.257 e. The van der Waals surface area contributed by atoms with Crippen molar-refractivity contribution in [1.29, 1.82) is 0 Å². The molecule has 1 aromatic carbocycles. The lowest BCUT2D eigenvalue weighted by molar-refractivity contribution is -0.0221. The summed E-state index contributed by atoms with van der Waals surface area (Å²) in [7, 11) is 0. The second-order valence-electron chi connectivity index (χ2n) is 10.1. The fourth-order valence-corrected chi connectivity index (χ4v) is 5.54. The second-order valence-corrected chi connectivity index (χ2v) is 11.0. The van der Waals surface area contributed by atoms with Crippen LogP contribution in [0.15, 0.2) is 36.5 Å². The van der Waals surface area contributed by atoms with Crippen molar-refractivity contribution in [2.75, 3.05) is 58.4 Å². The van der Waals surface area contributed by atoms with Crippen LogP contribution in [-0.4, -0.2) is 60.5 Å². The minimum atomic E-state index is -2.62. The van der Waals surface area contributed by atoms with Crippen LogP contribution in [-0.2, 0) is 0 Å². The molecule has 2 saturated heterocycles. The van der Waals surface area contributed by atoms with Crippen molar-refractivity contribution in [3.05, 3.63) is 42.1 Å². The fourth-order valence-electron chi connectivity index (χ4n) is 5.06. The van der Waals surface area contributed by atoms with Gasteiger partial charge in [-0.2, -0.15) is 0 Å². The summed E-state index contributed by atoms with van der Waals surface area (Å²) >= 11 is 1.43. The molecule has 5 rings (SSSR count). The van der Waals surface area contributed by atoms with Crippen LogP contribution in [0.2, 0.25) is 0 Å². The Bertz CT molecular complexity index is 1080. The lowest BCUT2D eigenvalue weighted by atomic mass is 9.93. The number of nitrogens with zero attached hydrogens (tertiary/aromatic N) is 3. The lowest BCUT2D eigenvalue weighted by Gasteiger charge is -2.35. The topological polar surface area (TPSA) is 80.7 Å². The van der Waals surface area contributed by atoms with Gasteiger partial charge in [0.25, 0.3) is 11.8 Å². The number of aromatic nitrogens is 1. The maximum absolute atomic E-state index is 13.6. The van der Waals surface area contributed by atoms with E-state index in [1.807, 2.05) is 23.1 Å². The number of anilines is 4. The van der Waals surface area contributed by atoms with E-state index >= 15 is 0 Å². The van der Waals surface area contributed by atoms with Crippen LogP contribution in [0.25, 0.3) is 0 Å². The minimum absolute atomic E-state index is 0.0903. The van der Waals surface area contributed by atoms with Gasteiger partial charge in [-0.05, 0) is 55.4 Å². The van der Waals surface area contributed by atoms with Crippen molar-refractivity contribution in [3.63, 3.8) is 0 Å². The third kappa shape index (κ3) is 5.86. The van der Waals surface area contributed by atoms with Crippen LogP contribution < -0.4 is 19.8 Å². The van der Waals surface area contributed by atoms with E-state index in [1.165, 1.54) is 24.8 Å². The summed E-state index contributed by atoms with van der Waals surface area (Å²) in [5.74, 6) is -1.67. The highest BCUT2D eigenvalue weighted by molar-refractivity contribution is 8.00. The average molecular weight is 518 g/mol. The third-order valence-corrected chi connectivity index (χ3v) is 8.34. The maximum atomic E-state index is 13.6. The van der Waals surface area contributed by atoms with Gasteiger partial charge in [0.05, 0.1) is 17.9 Å². The van der Waals surface area contributed by atoms with Gasteiger partial charge in [-0.15, -0.1) is 0 Å². The number of hydrogen-bond acceptors (Lipinski definition) is 7. The summed E-state index contributed by atoms with van der Waals surface area (Å²) in [5.41, 5.74) is 3.49. The zero-order valence-electron chi connectivity index (χ0n) is 20.3. The summed E-state index contributed by atoms with van der Waals surface area (Å²) in [5, 5.41) is 12.1. The molecule has 3 heterocycles. The van der Waals surface area contributed by atoms with E-state index < -0.39 is 5.92 Å². The summed E-state index contributed by atoms with van der Waals surface area (Å²) < 4.78 is 30.4. The molecule has 7 nitrogen and oxygen atoms in total. The predicted molar refractivity (Wildman–Crippen MR) is 141 cm³/mol. The Hall–Kier alpha value is -2.59. The molecule has 1 aliphatic carbocycles. The second kappa shape index (κ2) is 10.4. The van der Waals surface area contributed by atoms with E-state index in [1.54, 1.807) is 18.3 Å². The molecule has 2 aromatic rings. The normalized spacial score (nSPS) is 20.3. The van der Waals surface area contributed by atoms with E-state index in [9.17, 15) is 13.6 Å². The zero-order valence-corrected chi connectivity index (χ0v) is 21.1. The summed E-state index contributed by atoms with van der Waals surface area (Å²) in [6.07, 6.45) is 6.13. The van der Waals surface area contributed by atoms with E-state index in [0.29, 0.717) is 28.2 Å². The van der Waals surface area contributed by atoms with Crippen molar-refractivity contribution in [2.45, 2.75) is 44.4 Å². The monoisotopic (exact) mass is 517 g/mol. The van der Waals surface area contributed by atoms with Crippen LogP contribution in [0.1, 0.15) is 48.9 Å². The summed E-state index contributed by atoms with van der Waals surface area (Å²) in [6.45, 7) is 2.41. The largest absolute Gasteiger partial charge is 0.395 e. The first-order chi connectivity index (χ1) is 17.4. The molecular formula is C26H33F2N5O2S. The molecule has 1 aromatic heterocycles. The standard InChI is InChI=1S/C26H33F2N5O2S/c27-26(28)8-13-33(14-9-26)23-18-19(3-10-29-23)30-24(35)21-2-1-20(31-36-16-15-34)17-22(21)32-11-6-25(4-5-25)7-12-32/h1-3,10,17-18,31,34H,4-9,11-16H2,(H,29,30,35). The Morgan fingerprint density at radius 1 is 0.972 bits per heavy atom. The molecule has 0 radical (unpaired) electrons. The number of alkyl halides is 2. The predicted octanol–water partition coefficient (Wildman–Crippen LogP) is 5.00. The first-order valence-electron chi connectivity index (χ1n) is 12.6. The molecular weight excluding hydrogens is 484 g/mol. The lowest BCUT2D eigenvalue weighted by Crippen LogP contribution is -2.39. The highest BCUT2D eigenvalue weighted by Gasteiger charge is 2.44. The number of aliphatic hydroxyl groups is 1. The molecule has 2 aliphatic heterocycles. The van der Waals surface area contributed by atoms with Gasteiger partial charge < -0.3 is 24.9 Å². The van der Waals surface area contributed by atoms with Gasteiger partial charge in [0.15, 0.2) is 0 Å². The Morgan fingerprint density at radius 3 is 2.39 bits per heavy atom. The number of rotatable bonds is 8. The van der Waals surface area contributed by atoms with Gasteiger partial charge in [-0.3, -0.25) is 4.79 Å². The van der Waals surface area contributed by atoms with Crippen molar-refractivity contribution in [2.24, 2.45) is 5.41 Å². The number of piperidine rings is 2. The van der Waals surface area contributed by atoms with Crippen molar-refractivity contribution in [3.8, 4) is 0 Å². The van der Waals surface area contributed by atoms with Gasteiger partial charge >= 0.3 is 0 Å². The molecule has 1 spiro atoms. The Balaban J connectivity index is 1.32. The molecule has 0 unspecified atom stereocenters. The van der Waals surface area contributed by atoms with Crippen LogP contribution in [0.4, 0.5) is 31.7 Å². The van der Waals surface area contributed by atoms with Crippen LogP contribution >= 0.6 is 11.9 Å². The highest BCUT2D eigenvalue weighted by Crippen LogP contribution is 2.54. The molecule has 10 heteroatoms. The first kappa shape index (κ1) is 25.1. The highest BCUT2D eigenvalue weighted by atomic mass is 32.2. The van der Waals surface area contributed by atoms with E-state index in [2.05, 4.69) is 19.9 Å². The number of benzene rings is 1. The van der Waals surface area contributed by atoms with Crippen molar-refractivity contribution < 1.29 is 18.7 Å². The number of hydrogen-bond donors (Lipinski definition) is 3. The molecule has 1 amide bonds.